The zero-order chi connectivity index (χ0) is 14.1. The fraction of sp³-hybridized carbons (Fsp3) is 0.308. The highest BCUT2D eigenvalue weighted by Gasteiger charge is 2.15. The molecule has 2 amide bonds. The first-order valence-corrected chi connectivity index (χ1v) is 5.78. The number of carbonyl (C=O) groups excluding carboxylic acids is 3. The Kier molecular flexibility index (Phi) is 6.08. The van der Waals surface area contributed by atoms with Gasteiger partial charge in [0.05, 0.1) is 12.5 Å². The number of aldehydes is 1. The molecular formula is C13H16N2O4. The molecule has 0 aromatic heterocycles. The quantitative estimate of drug-likeness (QED) is 0.737. The number of amides is 2. The summed E-state index contributed by atoms with van der Waals surface area (Å²) in [5.74, 6) is -0.333. The smallest absolute Gasteiger partial charge is 0.408 e. The lowest BCUT2D eigenvalue weighted by atomic mass is 10.2. The van der Waals surface area contributed by atoms with Gasteiger partial charge in [0.15, 0.2) is 0 Å². The monoisotopic (exact) mass is 264 g/mol. The second-order valence-electron chi connectivity index (χ2n) is 3.83. The molecule has 1 aromatic carbocycles. The summed E-state index contributed by atoms with van der Waals surface area (Å²) >= 11 is 0. The van der Waals surface area contributed by atoms with E-state index in [1.165, 1.54) is 7.05 Å². The van der Waals surface area contributed by atoms with E-state index in [4.69, 9.17) is 4.74 Å². The molecule has 0 saturated heterocycles. The molecule has 1 atom stereocenters. The van der Waals surface area contributed by atoms with Crippen molar-refractivity contribution in [2.75, 3.05) is 7.05 Å². The molecule has 19 heavy (non-hydrogen) atoms. The molecular weight excluding hydrogens is 248 g/mol. The van der Waals surface area contributed by atoms with E-state index in [2.05, 4.69) is 10.6 Å². The fourth-order valence-corrected chi connectivity index (χ4v) is 1.35. The summed E-state index contributed by atoms with van der Waals surface area (Å²) < 4.78 is 4.93. The number of ether oxygens (including phenoxy) is 1. The summed E-state index contributed by atoms with van der Waals surface area (Å²) in [5, 5.41) is 4.68. The lowest BCUT2D eigenvalue weighted by molar-refractivity contribution is -0.123. The second-order valence-corrected chi connectivity index (χ2v) is 3.83. The molecule has 6 heteroatoms. The molecule has 0 bridgehead atoms. The van der Waals surface area contributed by atoms with Gasteiger partial charge in [0.25, 0.3) is 0 Å². The lowest BCUT2D eigenvalue weighted by Gasteiger charge is -2.12. The minimum absolute atomic E-state index is 0.109. The zero-order valence-electron chi connectivity index (χ0n) is 10.6. The fourth-order valence-electron chi connectivity index (χ4n) is 1.35. The van der Waals surface area contributed by atoms with Crippen LogP contribution in [0.25, 0.3) is 0 Å². The minimum Gasteiger partial charge on any atom is -0.445 e. The maximum absolute atomic E-state index is 11.4. The highest BCUT2D eigenvalue weighted by Crippen LogP contribution is 2.01. The van der Waals surface area contributed by atoms with Gasteiger partial charge >= 0.3 is 6.09 Å². The van der Waals surface area contributed by atoms with Gasteiger partial charge in [-0.25, -0.2) is 4.79 Å². The zero-order valence-corrected chi connectivity index (χ0v) is 10.6. The number of carbonyl (C=O) groups is 3. The van der Waals surface area contributed by atoms with E-state index < -0.39 is 12.1 Å². The van der Waals surface area contributed by atoms with Gasteiger partial charge in [0, 0.05) is 7.05 Å². The van der Waals surface area contributed by atoms with Gasteiger partial charge < -0.3 is 20.2 Å². The maximum atomic E-state index is 11.4. The van der Waals surface area contributed by atoms with Crippen molar-refractivity contribution in [3.8, 4) is 0 Å². The summed E-state index contributed by atoms with van der Waals surface area (Å²) in [6, 6.07) is 8.26. The predicted octanol–water partition coefficient (Wildman–Crippen LogP) is 0.616. The molecule has 0 aliphatic rings. The second kappa shape index (κ2) is 7.86. The van der Waals surface area contributed by atoms with E-state index in [9.17, 15) is 14.4 Å². The van der Waals surface area contributed by atoms with Crippen LogP contribution in [0.4, 0.5) is 4.79 Å². The van der Waals surface area contributed by atoms with Crippen molar-refractivity contribution in [1.29, 1.82) is 0 Å². The van der Waals surface area contributed by atoms with Gasteiger partial charge in [0.1, 0.15) is 12.9 Å². The topological polar surface area (TPSA) is 84.5 Å². The number of nitrogens with one attached hydrogen (secondary N) is 2. The van der Waals surface area contributed by atoms with Crippen LogP contribution in [0.5, 0.6) is 0 Å². The summed E-state index contributed by atoms with van der Waals surface area (Å²) in [4.78, 5) is 33.2. The number of hydrogen-bond donors (Lipinski definition) is 2. The molecule has 1 unspecified atom stereocenters. The van der Waals surface area contributed by atoms with Crippen LogP contribution in [0.15, 0.2) is 30.3 Å². The summed E-state index contributed by atoms with van der Waals surface area (Å²) in [7, 11) is 1.46. The van der Waals surface area contributed by atoms with Gasteiger partial charge in [-0.05, 0) is 5.56 Å². The van der Waals surface area contributed by atoms with Crippen molar-refractivity contribution in [3.63, 3.8) is 0 Å². The standard InChI is InChI=1S/C13H16N2O4/c1-14-12(17)7-11(8-16)15-13(18)19-9-10-5-3-2-4-6-10/h2-6,8,11H,7,9H2,1H3,(H,14,17)(H,15,18). The van der Waals surface area contributed by atoms with Gasteiger partial charge in [-0.1, -0.05) is 30.3 Å². The molecule has 102 valence electrons. The Bertz CT molecular complexity index is 434. The first kappa shape index (κ1) is 14.7. The van der Waals surface area contributed by atoms with Crippen LogP contribution < -0.4 is 10.6 Å². The molecule has 0 saturated carbocycles. The Balaban J connectivity index is 2.37. The summed E-state index contributed by atoms with van der Waals surface area (Å²) in [5.41, 5.74) is 0.839. The van der Waals surface area contributed by atoms with E-state index in [1.54, 1.807) is 0 Å². The van der Waals surface area contributed by atoms with Crippen LogP contribution in [0.2, 0.25) is 0 Å². The predicted molar refractivity (Wildman–Crippen MR) is 68.3 cm³/mol. The molecule has 1 rings (SSSR count). The molecule has 2 N–H and O–H groups in total. The SMILES string of the molecule is CNC(=O)CC(C=O)NC(=O)OCc1ccccc1. The molecule has 6 nitrogen and oxygen atoms in total. The van der Waals surface area contributed by atoms with Crippen molar-refractivity contribution in [1.82, 2.24) is 10.6 Å². The average Bonchev–Trinajstić information content (AvgIpc) is 2.45. The van der Waals surface area contributed by atoms with Gasteiger partial charge in [-0.3, -0.25) is 4.79 Å². The molecule has 0 heterocycles. The van der Waals surface area contributed by atoms with Gasteiger partial charge in [-0.15, -0.1) is 0 Å². The van der Waals surface area contributed by atoms with E-state index in [0.717, 1.165) is 5.56 Å². The summed E-state index contributed by atoms with van der Waals surface area (Å²) in [6.45, 7) is 0.109. The molecule has 0 fully saturated rings. The third-order valence-corrected chi connectivity index (χ3v) is 2.36. The third kappa shape index (κ3) is 5.67. The largest absolute Gasteiger partial charge is 0.445 e. The first-order chi connectivity index (χ1) is 9.15. The third-order valence-electron chi connectivity index (χ3n) is 2.36. The average molecular weight is 264 g/mol. The van der Waals surface area contributed by atoms with Crippen LogP contribution in [0.1, 0.15) is 12.0 Å². The van der Waals surface area contributed by atoms with Crippen molar-refractivity contribution >= 4 is 18.3 Å². The number of alkyl carbamates (subject to hydrolysis) is 1. The van der Waals surface area contributed by atoms with Crippen LogP contribution in [0.3, 0.4) is 0 Å². The molecule has 0 spiro atoms. The van der Waals surface area contributed by atoms with Crippen molar-refractivity contribution < 1.29 is 19.1 Å². The molecule has 0 aliphatic heterocycles. The Hall–Kier alpha value is -2.37. The van der Waals surface area contributed by atoms with Crippen molar-refractivity contribution in [2.45, 2.75) is 19.1 Å². The van der Waals surface area contributed by atoms with Crippen molar-refractivity contribution in [2.24, 2.45) is 0 Å². The highest BCUT2D eigenvalue weighted by molar-refractivity contribution is 5.82. The van der Waals surface area contributed by atoms with E-state index in [-0.39, 0.29) is 18.9 Å². The van der Waals surface area contributed by atoms with Crippen LogP contribution >= 0.6 is 0 Å². The van der Waals surface area contributed by atoms with E-state index in [0.29, 0.717) is 6.29 Å². The van der Waals surface area contributed by atoms with Crippen LogP contribution in [-0.2, 0) is 20.9 Å². The number of rotatable bonds is 6. The Morgan fingerprint density at radius 3 is 2.58 bits per heavy atom. The Morgan fingerprint density at radius 2 is 2.00 bits per heavy atom. The highest BCUT2D eigenvalue weighted by atomic mass is 16.5. The first-order valence-electron chi connectivity index (χ1n) is 5.78. The van der Waals surface area contributed by atoms with Gasteiger partial charge in [0.2, 0.25) is 5.91 Å². The normalized spacial score (nSPS) is 11.2. The van der Waals surface area contributed by atoms with Crippen molar-refractivity contribution in [3.05, 3.63) is 35.9 Å². The minimum atomic E-state index is -0.886. The molecule has 0 aliphatic carbocycles. The van der Waals surface area contributed by atoms with E-state index in [1.807, 2.05) is 30.3 Å². The van der Waals surface area contributed by atoms with Crippen LogP contribution in [-0.4, -0.2) is 31.4 Å². The number of hydrogen-bond acceptors (Lipinski definition) is 4. The van der Waals surface area contributed by atoms with E-state index >= 15 is 0 Å². The maximum Gasteiger partial charge on any atom is 0.408 e. The van der Waals surface area contributed by atoms with Gasteiger partial charge in [-0.2, -0.15) is 0 Å². The number of benzene rings is 1. The molecule has 1 aromatic rings. The lowest BCUT2D eigenvalue weighted by Crippen LogP contribution is -2.39. The Morgan fingerprint density at radius 1 is 1.32 bits per heavy atom. The Labute approximate surface area is 111 Å². The summed E-state index contributed by atoms with van der Waals surface area (Å²) in [6.07, 6.45) is -0.343. The van der Waals surface area contributed by atoms with Crippen LogP contribution in [0, 0.1) is 0 Å². The molecule has 0 radical (unpaired) electrons.